The van der Waals surface area contributed by atoms with Gasteiger partial charge in [-0.15, -0.1) is 0 Å². The van der Waals surface area contributed by atoms with E-state index >= 15 is 0 Å². The Hall–Kier alpha value is -2.85. The van der Waals surface area contributed by atoms with Gasteiger partial charge in [0.25, 0.3) is 5.91 Å². The number of hydrogen-bond acceptors (Lipinski definition) is 9. The van der Waals surface area contributed by atoms with E-state index in [1.54, 1.807) is 7.11 Å². The highest BCUT2D eigenvalue weighted by molar-refractivity contribution is 8.18. The molecule has 1 saturated heterocycles. The molecule has 1 aromatic rings. The largest absolute Gasteiger partial charge is 0.497 e. The van der Waals surface area contributed by atoms with Gasteiger partial charge in [0.2, 0.25) is 5.96 Å². The molecule has 142 valence electrons. The summed E-state index contributed by atoms with van der Waals surface area (Å²) in [6.45, 7) is 1.79. The van der Waals surface area contributed by atoms with Crippen molar-refractivity contribution in [3.8, 4) is 5.75 Å². The van der Waals surface area contributed by atoms with Gasteiger partial charge in [-0.2, -0.15) is 4.99 Å². The van der Waals surface area contributed by atoms with E-state index in [0.717, 1.165) is 35.7 Å². The van der Waals surface area contributed by atoms with Gasteiger partial charge in [-0.3, -0.25) is 9.69 Å². The quantitative estimate of drug-likeness (QED) is 0.575. The first-order valence-corrected chi connectivity index (χ1v) is 8.90. The molecule has 3 rings (SSSR count). The zero-order valence-electron chi connectivity index (χ0n) is 14.9. The number of benzene rings is 1. The Morgan fingerprint density at radius 2 is 2.15 bits per heavy atom. The first kappa shape index (κ1) is 18.9. The molecule has 0 radical (unpaired) electrons. The molecular formula is C17H19N5O4S. The van der Waals surface area contributed by atoms with Gasteiger partial charge in [0.05, 0.1) is 32.5 Å². The Labute approximate surface area is 160 Å². The number of thioether (sulfide) groups is 1. The summed E-state index contributed by atoms with van der Waals surface area (Å²) < 4.78 is 9.68. The Kier molecular flexibility index (Phi) is 6.09. The van der Waals surface area contributed by atoms with E-state index < -0.39 is 5.97 Å². The number of amides is 1. The van der Waals surface area contributed by atoms with Gasteiger partial charge in [-0.25, -0.2) is 9.79 Å². The summed E-state index contributed by atoms with van der Waals surface area (Å²) in [5, 5.41) is 6.07. The number of hydrogen-bond donors (Lipinski definition) is 2. The van der Waals surface area contributed by atoms with Gasteiger partial charge in [0, 0.05) is 12.6 Å². The summed E-state index contributed by atoms with van der Waals surface area (Å²) in [6.07, 6.45) is 1.13. The lowest BCUT2D eigenvalue weighted by molar-refractivity contribution is -0.135. The van der Waals surface area contributed by atoms with Crippen LogP contribution in [0.15, 0.2) is 45.2 Å². The van der Waals surface area contributed by atoms with Gasteiger partial charge in [-0.1, -0.05) is 12.1 Å². The SMILES string of the molecule is COC(=O)C=C1SC(=NC2=NCN(Cc3ccc(OC)cc3)CN2)NC1=O. The molecule has 2 heterocycles. The third-order valence-electron chi connectivity index (χ3n) is 3.75. The number of guanidine groups is 1. The summed E-state index contributed by atoms with van der Waals surface area (Å²) in [5.41, 5.74) is 1.15. The lowest BCUT2D eigenvalue weighted by atomic mass is 10.2. The number of carbonyl (C=O) groups excluding carboxylic acids is 2. The average Bonchev–Trinajstić information content (AvgIpc) is 3.02. The number of carbonyl (C=O) groups is 2. The molecule has 0 saturated carbocycles. The van der Waals surface area contributed by atoms with E-state index in [1.165, 1.54) is 7.11 Å². The zero-order chi connectivity index (χ0) is 19.2. The van der Waals surface area contributed by atoms with Crippen molar-refractivity contribution >= 4 is 34.8 Å². The van der Waals surface area contributed by atoms with Crippen molar-refractivity contribution in [1.29, 1.82) is 0 Å². The van der Waals surface area contributed by atoms with Gasteiger partial charge in [-0.05, 0) is 29.5 Å². The number of aliphatic imine (C=N–C) groups is 2. The van der Waals surface area contributed by atoms with Crippen LogP contribution in [0.2, 0.25) is 0 Å². The Morgan fingerprint density at radius 3 is 2.78 bits per heavy atom. The molecule has 27 heavy (non-hydrogen) atoms. The lowest BCUT2D eigenvalue weighted by Crippen LogP contribution is -2.42. The van der Waals surface area contributed by atoms with Crippen LogP contribution in [0.4, 0.5) is 0 Å². The third kappa shape index (κ3) is 5.08. The number of ether oxygens (including phenoxy) is 2. The summed E-state index contributed by atoms with van der Waals surface area (Å²) in [4.78, 5) is 34.1. The minimum Gasteiger partial charge on any atom is -0.497 e. The molecule has 2 aliphatic rings. The summed E-state index contributed by atoms with van der Waals surface area (Å²) in [5.74, 6) is 0.282. The van der Waals surface area contributed by atoms with Crippen LogP contribution in [0.3, 0.4) is 0 Å². The van der Waals surface area contributed by atoms with Crippen LogP contribution in [-0.4, -0.2) is 55.5 Å². The second-order valence-electron chi connectivity index (χ2n) is 5.64. The number of nitrogens with zero attached hydrogens (tertiary/aromatic N) is 3. The van der Waals surface area contributed by atoms with Gasteiger partial charge in [0.15, 0.2) is 5.17 Å². The molecular weight excluding hydrogens is 370 g/mol. The summed E-state index contributed by atoms with van der Waals surface area (Å²) in [7, 11) is 2.89. The number of esters is 1. The molecule has 2 N–H and O–H groups in total. The lowest BCUT2D eigenvalue weighted by Gasteiger charge is -2.25. The zero-order valence-corrected chi connectivity index (χ0v) is 15.7. The molecule has 1 aromatic carbocycles. The molecule has 10 heteroatoms. The molecule has 2 aliphatic heterocycles. The molecule has 1 amide bonds. The maximum absolute atomic E-state index is 11.8. The van der Waals surface area contributed by atoms with Crippen LogP contribution in [0, 0.1) is 0 Å². The van der Waals surface area contributed by atoms with Crippen LogP contribution in [0.25, 0.3) is 0 Å². The number of methoxy groups -OCH3 is 2. The first-order valence-electron chi connectivity index (χ1n) is 8.08. The van der Waals surface area contributed by atoms with E-state index in [2.05, 4.69) is 30.3 Å². The monoisotopic (exact) mass is 389 g/mol. The second-order valence-corrected chi connectivity index (χ2v) is 6.67. The van der Waals surface area contributed by atoms with E-state index in [9.17, 15) is 9.59 Å². The maximum atomic E-state index is 11.8. The van der Waals surface area contributed by atoms with Gasteiger partial charge in [0.1, 0.15) is 5.75 Å². The first-order chi connectivity index (χ1) is 13.1. The minimum atomic E-state index is -0.587. The van der Waals surface area contributed by atoms with Gasteiger partial charge < -0.3 is 20.1 Å². The predicted molar refractivity (Wildman–Crippen MR) is 102 cm³/mol. The van der Waals surface area contributed by atoms with Crippen LogP contribution in [0.1, 0.15) is 5.56 Å². The van der Waals surface area contributed by atoms with Crippen molar-refractivity contribution in [1.82, 2.24) is 15.5 Å². The normalized spacial score (nSPS) is 20.2. The van der Waals surface area contributed by atoms with Crippen LogP contribution in [-0.2, 0) is 20.9 Å². The van der Waals surface area contributed by atoms with Crippen molar-refractivity contribution in [3.05, 3.63) is 40.8 Å². The maximum Gasteiger partial charge on any atom is 0.331 e. The van der Waals surface area contributed by atoms with Crippen molar-refractivity contribution in [2.24, 2.45) is 9.98 Å². The Bertz CT molecular complexity index is 819. The smallest absolute Gasteiger partial charge is 0.331 e. The van der Waals surface area contributed by atoms with Crippen molar-refractivity contribution in [2.75, 3.05) is 27.6 Å². The van der Waals surface area contributed by atoms with Crippen LogP contribution >= 0.6 is 11.8 Å². The molecule has 1 fully saturated rings. The Morgan fingerprint density at radius 1 is 1.37 bits per heavy atom. The average molecular weight is 389 g/mol. The standard InChI is InChI=1S/C17H19N5O4S/c1-25-12-5-3-11(4-6-12)8-22-9-18-16(19-10-22)21-17-20-15(24)13(27-17)7-14(23)26-2/h3-7H,8-10H2,1-2H3,(H2,18,19,20,21,24). The van der Waals surface area contributed by atoms with E-state index in [1.807, 2.05) is 24.3 Å². The number of amidine groups is 1. The predicted octanol–water partition coefficient (Wildman–Crippen LogP) is 0.647. The molecule has 0 aliphatic carbocycles. The third-order valence-corrected chi connectivity index (χ3v) is 4.66. The minimum absolute atomic E-state index is 0.234. The topological polar surface area (TPSA) is 105 Å². The van der Waals surface area contributed by atoms with E-state index in [-0.39, 0.29) is 10.8 Å². The highest BCUT2D eigenvalue weighted by atomic mass is 32.2. The Balaban J connectivity index is 1.57. The molecule has 0 spiro atoms. The number of nitrogens with one attached hydrogen (secondary N) is 2. The summed E-state index contributed by atoms with van der Waals surface area (Å²) >= 11 is 1.07. The van der Waals surface area contributed by atoms with Crippen molar-refractivity contribution < 1.29 is 19.1 Å². The fourth-order valence-corrected chi connectivity index (χ4v) is 3.15. The molecule has 0 bridgehead atoms. The molecule has 0 unspecified atom stereocenters. The fraction of sp³-hybridized carbons (Fsp3) is 0.294. The van der Waals surface area contributed by atoms with E-state index in [4.69, 9.17) is 4.74 Å². The van der Waals surface area contributed by atoms with Crippen molar-refractivity contribution in [3.63, 3.8) is 0 Å². The van der Waals surface area contributed by atoms with Gasteiger partial charge >= 0.3 is 5.97 Å². The highest BCUT2D eigenvalue weighted by Gasteiger charge is 2.25. The summed E-state index contributed by atoms with van der Waals surface area (Å²) in [6, 6.07) is 7.87. The van der Waals surface area contributed by atoms with Crippen molar-refractivity contribution in [2.45, 2.75) is 6.54 Å². The highest BCUT2D eigenvalue weighted by Crippen LogP contribution is 2.23. The van der Waals surface area contributed by atoms with Crippen LogP contribution in [0.5, 0.6) is 5.75 Å². The molecule has 0 atom stereocenters. The fourth-order valence-electron chi connectivity index (χ4n) is 2.37. The number of rotatable bonds is 4. The molecule has 0 aromatic heterocycles. The van der Waals surface area contributed by atoms with E-state index in [0.29, 0.717) is 24.5 Å². The second kappa shape index (κ2) is 8.69. The van der Waals surface area contributed by atoms with Crippen LogP contribution < -0.4 is 15.4 Å². The molecule has 9 nitrogen and oxygen atoms in total.